The smallest absolute Gasteiger partial charge is 0.421 e. The molecular formula is C6H14N2O5S. The number of nitrogens with one attached hydrogen (secondary N) is 1. The first-order valence-corrected chi connectivity index (χ1v) is 5.23. The Balaban J connectivity index is 4.54. The molecule has 0 heterocycles. The number of aliphatic hydroxyl groups is 1. The first kappa shape index (κ1) is 13.1. The summed E-state index contributed by atoms with van der Waals surface area (Å²) in [4.78, 5) is 10.6. The van der Waals surface area contributed by atoms with Gasteiger partial charge in [-0.1, -0.05) is 0 Å². The highest BCUT2D eigenvalue weighted by Gasteiger charge is 2.24. The van der Waals surface area contributed by atoms with Gasteiger partial charge < -0.3 is 9.84 Å². The van der Waals surface area contributed by atoms with Gasteiger partial charge in [0.2, 0.25) is 0 Å². The van der Waals surface area contributed by atoms with Crippen LogP contribution in [0.4, 0.5) is 4.79 Å². The van der Waals surface area contributed by atoms with Crippen LogP contribution in [0.2, 0.25) is 0 Å². The zero-order chi connectivity index (χ0) is 11.4. The van der Waals surface area contributed by atoms with Crippen LogP contribution in [-0.4, -0.2) is 50.7 Å². The summed E-state index contributed by atoms with van der Waals surface area (Å²) in [6, 6.07) is -0.614. The number of amides is 1. The van der Waals surface area contributed by atoms with Gasteiger partial charge in [-0.05, 0) is 6.92 Å². The average Bonchev–Trinajstić information content (AvgIpc) is 2.14. The van der Waals surface area contributed by atoms with Crippen LogP contribution in [0, 0.1) is 0 Å². The van der Waals surface area contributed by atoms with E-state index in [2.05, 4.69) is 4.74 Å². The minimum atomic E-state index is -3.93. The molecule has 0 saturated heterocycles. The van der Waals surface area contributed by atoms with Gasteiger partial charge >= 0.3 is 16.3 Å². The second kappa shape index (κ2) is 5.13. The second-order valence-corrected chi connectivity index (χ2v) is 4.38. The molecule has 0 aromatic carbocycles. The van der Waals surface area contributed by atoms with Crippen LogP contribution in [-0.2, 0) is 14.9 Å². The molecule has 0 spiro atoms. The molecule has 0 aromatic heterocycles. The first-order chi connectivity index (χ1) is 6.35. The van der Waals surface area contributed by atoms with E-state index in [4.69, 9.17) is 5.11 Å². The number of aliphatic hydroxyl groups excluding tert-OH is 1. The van der Waals surface area contributed by atoms with Crippen molar-refractivity contribution in [3.05, 3.63) is 0 Å². The van der Waals surface area contributed by atoms with Crippen molar-refractivity contribution in [1.29, 1.82) is 0 Å². The summed E-state index contributed by atoms with van der Waals surface area (Å²) in [5, 5.41) is 8.71. The number of ether oxygens (including phenoxy) is 1. The molecular weight excluding hydrogens is 212 g/mol. The normalized spacial score (nSPS) is 13.8. The summed E-state index contributed by atoms with van der Waals surface area (Å²) in [7, 11) is -1.64. The maximum Gasteiger partial charge on any atom is 0.421 e. The quantitative estimate of drug-likeness (QED) is 0.634. The van der Waals surface area contributed by atoms with E-state index in [9.17, 15) is 13.2 Å². The summed E-state index contributed by atoms with van der Waals surface area (Å²) >= 11 is 0. The number of carbonyl (C=O) groups is 1. The lowest BCUT2D eigenvalue weighted by molar-refractivity contribution is 0.175. The third kappa shape index (κ3) is 3.48. The molecule has 0 aromatic rings. The predicted octanol–water partition coefficient (Wildman–Crippen LogP) is -1.10. The van der Waals surface area contributed by atoms with Crippen molar-refractivity contribution >= 4 is 16.3 Å². The largest absolute Gasteiger partial charge is 0.452 e. The van der Waals surface area contributed by atoms with Crippen LogP contribution in [0.1, 0.15) is 6.92 Å². The van der Waals surface area contributed by atoms with Crippen molar-refractivity contribution in [1.82, 2.24) is 9.03 Å². The summed E-state index contributed by atoms with van der Waals surface area (Å²) < 4.78 is 29.2. The number of likely N-dealkylation sites (N-methyl/N-ethyl adjacent to an activating group) is 1. The number of methoxy groups -OCH3 is 1. The van der Waals surface area contributed by atoms with Gasteiger partial charge in [-0.2, -0.15) is 12.7 Å². The van der Waals surface area contributed by atoms with Crippen LogP contribution >= 0.6 is 0 Å². The van der Waals surface area contributed by atoms with Gasteiger partial charge in [-0.3, -0.25) is 0 Å². The molecule has 0 bridgehead atoms. The molecule has 0 aliphatic heterocycles. The third-order valence-electron chi connectivity index (χ3n) is 1.66. The Bertz CT molecular complexity index is 289. The van der Waals surface area contributed by atoms with Crippen LogP contribution in [0.5, 0.6) is 0 Å². The van der Waals surface area contributed by atoms with Crippen LogP contribution in [0.3, 0.4) is 0 Å². The molecule has 84 valence electrons. The monoisotopic (exact) mass is 226 g/mol. The Kier molecular flexibility index (Phi) is 4.81. The molecule has 1 atom stereocenters. The minimum absolute atomic E-state index is 0.335. The molecule has 0 rings (SSSR count). The SMILES string of the molecule is COC(=O)NS(=O)(=O)N(C)C(C)CO. The van der Waals surface area contributed by atoms with E-state index < -0.39 is 22.3 Å². The predicted molar refractivity (Wildman–Crippen MR) is 48.8 cm³/mol. The summed E-state index contributed by atoms with van der Waals surface area (Å²) in [6.07, 6.45) is -1.07. The van der Waals surface area contributed by atoms with Crippen molar-refractivity contribution < 1.29 is 23.1 Å². The van der Waals surface area contributed by atoms with Gasteiger partial charge in [0, 0.05) is 13.1 Å². The maximum atomic E-state index is 11.3. The first-order valence-electron chi connectivity index (χ1n) is 3.79. The highest BCUT2D eigenvalue weighted by atomic mass is 32.2. The van der Waals surface area contributed by atoms with E-state index in [1.54, 1.807) is 4.72 Å². The Labute approximate surface area is 82.8 Å². The molecule has 2 N–H and O–H groups in total. The van der Waals surface area contributed by atoms with Crippen LogP contribution in [0.25, 0.3) is 0 Å². The van der Waals surface area contributed by atoms with Crippen molar-refractivity contribution in [3.63, 3.8) is 0 Å². The van der Waals surface area contributed by atoms with Gasteiger partial charge in [0.25, 0.3) is 0 Å². The van der Waals surface area contributed by atoms with Crippen molar-refractivity contribution in [2.75, 3.05) is 20.8 Å². The topological polar surface area (TPSA) is 95.9 Å². The van der Waals surface area contributed by atoms with Crippen LogP contribution in [0.15, 0.2) is 0 Å². The van der Waals surface area contributed by atoms with Crippen molar-refractivity contribution in [3.8, 4) is 0 Å². The molecule has 7 nitrogen and oxygen atoms in total. The van der Waals surface area contributed by atoms with E-state index in [1.807, 2.05) is 0 Å². The molecule has 0 radical (unpaired) electrons. The zero-order valence-electron chi connectivity index (χ0n) is 8.22. The molecule has 0 aliphatic carbocycles. The Morgan fingerprint density at radius 2 is 2.14 bits per heavy atom. The number of carbonyl (C=O) groups excluding carboxylic acids is 1. The van der Waals surface area contributed by atoms with E-state index in [0.717, 1.165) is 11.4 Å². The van der Waals surface area contributed by atoms with Gasteiger partial charge in [0.05, 0.1) is 13.7 Å². The fourth-order valence-corrected chi connectivity index (χ4v) is 1.55. The summed E-state index contributed by atoms with van der Waals surface area (Å²) in [6.45, 7) is 1.16. The molecule has 14 heavy (non-hydrogen) atoms. The lowest BCUT2D eigenvalue weighted by atomic mass is 10.4. The van der Waals surface area contributed by atoms with Gasteiger partial charge in [-0.25, -0.2) is 9.52 Å². The molecule has 0 fully saturated rings. The number of rotatable bonds is 4. The number of nitrogens with zero attached hydrogens (tertiary/aromatic N) is 1. The fourth-order valence-electron chi connectivity index (χ4n) is 0.571. The average molecular weight is 226 g/mol. The van der Waals surface area contributed by atoms with Gasteiger partial charge in [0.15, 0.2) is 0 Å². The zero-order valence-corrected chi connectivity index (χ0v) is 9.04. The van der Waals surface area contributed by atoms with Gasteiger partial charge in [-0.15, -0.1) is 0 Å². The molecule has 1 amide bonds. The number of hydrogen-bond acceptors (Lipinski definition) is 5. The van der Waals surface area contributed by atoms with E-state index in [0.29, 0.717) is 0 Å². The van der Waals surface area contributed by atoms with E-state index >= 15 is 0 Å². The standard InChI is InChI=1S/C6H14N2O5S/c1-5(4-9)8(2)14(11,12)7-6(10)13-3/h5,9H,4H2,1-3H3,(H,7,10). The molecule has 0 aliphatic rings. The highest BCUT2D eigenvalue weighted by molar-refractivity contribution is 7.87. The summed E-state index contributed by atoms with van der Waals surface area (Å²) in [5.41, 5.74) is 0. The second-order valence-electron chi connectivity index (χ2n) is 2.65. The molecule has 8 heteroatoms. The lowest BCUT2D eigenvalue weighted by Crippen LogP contribution is -2.46. The van der Waals surface area contributed by atoms with Crippen molar-refractivity contribution in [2.45, 2.75) is 13.0 Å². The summed E-state index contributed by atoms with van der Waals surface area (Å²) in [5.74, 6) is 0. The third-order valence-corrected chi connectivity index (χ3v) is 3.20. The Hall–Kier alpha value is -0.860. The van der Waals surface area contributed by atoms with Crippen LogP contribution < -0.4 is 4.72 Å². The van der Waals surface area contributed by atoms with E-state index in [1.165, 1.54) is 14.0 Å². The fraction of sp³-hybridized carbons (Fsp3) is 0.833. The maximum absolute atomic E-state index is 11.3. The Morgan fingerprint density at radius 3 is 2.50 bits per heavy atom. The van der Waals surface area contributed by atoms with E-state index in [-0.39, 0.29) is 6.61 Å². The van der Waals surface area contributed by atoms with Crippen molar-refractivity contribution in [2.24, 2.45) is 0 Å². The Morgan fingerprint density at radius 1 is 1.64 bits per heavy atom. The molecule has 1 unspecified atom stereocenters. The van der Waals surface area contributed by atoms with Gasteiger partial charge in [0.1, 0.15) is 0 Å². The number of hydrogen-bond donors (Lipinski definition) is 2. The minimum Gasteiger partial charge on any atom is -0.452 e. The highest BCUT2D eigenvalue weighted by Crippen LogP contribution is 2.00. The lowest BCUT2D eigenvalue weighted by Gasteiger charge is -2.21. The molecule has 0 saturated carbocycles.